The summed E-state index contributed by atoms with van der Waals surface area (Å²) in [4.78, 5) is 10.7. The minimum Gasteiger partial charge on any atom is -0.546 e. The molecule has 3 heterocycles. The Morgan fingerprint density at radius 1 is 0.839 bits per heavy atom. The summed E-state index contributed by atoms with van der Waals surface area (Å²) in [7, 11) is 0. The van der Waals surface area contributed by atoms with Gasteiger partial charge in [0.25, 0.3) is 0 Å². The molecule has 1 aromatic carbocycles. The minimum absolute atomic E-state index is 0.514. The Hall–Kier alpha value is -3.56. The molecule has 0 aliphatic rings. The smallest absolute Gasteiger partial charge is 0.233 e. The first-order chi connectivity index (χ1) is 15.3. The predicted octanol–water partition coefficient (Wildman–Crippen LogP) is 4.25. The molecule has 8 nitrogen and oxygen atoms in total. The third kappa shape index (κ3) is 5.74. The van der Waals surface area contributed by atoms with Gasteiger partial charge in [0.15, 0.2) is 11.1 Å². The molecule has 0 radical (unpaired) electrons. The van der Waals surface area contributed by atoms with E-state index in [4.69, 9.17) is 0 Å². The van der Waals surface area contributed by atoms with Gasteiger partial charge in [0, 0.05) is 52.7 Å². The van der Waals surface area contributed by atoms with Gasteiger partial charge in [-0.1, -0.05) is 24.3 Å². The summed E-state index contributed by atoms with van der Waals surface area (Å²) in [5.74, 6) is 1.94. The SMILES string of the molecule is [O-][s+]1nc(NCCCN(c2ccccc2)c2ccccn2)c(NCc2ccncc2)n1. The second-order valence-electron chi connectivity index (χ2n) is 6.77. The number of nitrogens with one attached hydrogen (secondary N) is 2. The van der Waals surface area contributed by atoms with Crippen LogP contribution < -0.4 is 15.5 Å². The summed E-state index contributed by atoms with van der Waals surface area (Å²) in [5.41, 5.74) is 2.14. The molecule has 158 valence electrons. The van der Waals surface area contributed by atoms with Gasteiger partial charge in [-0.2, -0.15) is 0 Å². The molecule has 2 N–H and O–H groups in total. The molecule has 0 saturated carbocycles. The molecular formula is C22H23N7OS. The fourth-order valence-corrected chi connectivity index (χ4v) is 3.78. The van der Waals surface area contributed by atoms with Crippen molar-refractivity contribution in [2.45, 2.75) is 13.0 Å². The third-order valence-corrected chi connectivity index (χ3v) is 5.29. The maximum absolute atomic E-state index is 11.8. The lowest BCUT2D eigenvalue weighted by atomic mass is 10.2. The highest BCUT2D eigenvalue weighted by Crippen LogP contribution is 2.25. The second-order valence-corrected chi connectivity index (χ2v) is 7.60. The van der Waals surface area contributed by atoms with Gasteiger partial charge in [0.2, 0.25) is 11.6 Å². The van der Waals surface area contributed by atoms with Crippen LogP contribution >= 0.6 is 11.1 Å². The van der Waals surface area contributed by atoms with Crippen molar-refractivity contribution in [3.8, 4) is 0 Å². The van der Waals surface area contributed by atoms with Gasteiger partial charge in [-0.15, -0.1) is 0 Å². The van der Waals surface area contributed by atoms with Crippen LogP contribution in [0.3, 0.4) is 0 Å². The van der Waals surface area contributed by atoms with Gasteiger partial charge in [0.1, 0.15) is 5.82 Å². The van der Waals surface area contributed by atoms with Crippen molar-refractivity contribution in [2.75, 3.05) is 28.6 Å². The average Bonchev–Trinajstić information content (AvgIpc) is 3.18. The van der Waals surface area contributed by atoms with Crippen LogP contribution in [0.4, 0.5) is 23.1 Å². The van der Waals surface area contributed by atoms with E-state index in [1.54, 1.807) is 18.6 Å². The highest BCUT2D eigenvalue weighted by Gasteiger charge is 2.15. The van der Waals surface area contributed by atoms with E-state index >= 15 is 0 Å². The summed E-state index contributed by atoms with van der Waals surface area (Å²) < 4.78 is 20.0. The van der Waals surface area contributed by atoms with Gasteiger partial charge < -0.3 is 20.1 Å². The first-order valence-electron chi connectivity index (χ1n) is 9.99. The Labute approximate surface area is 184 Å². The van der Waals surface area contributed by atoms with Crippen molar-refractivity contribution in [2.24, 2.45) is 0 Å². The number of anilines is 4. The van der Waals surface area contributed by atoms with Crippen LogP contribution in [0, 0.1) is 0 Å². The minimum atomic E-state index is -1.60. The van der Waals surface area contributed by atoms with Crippen LogP contribution in [0.1, 0.15) is 12.0 Å². The van der Waals surface area contributed by atoms with Crippen molar-refractivity contribution < 1.29 is 4.55 Å². The Bertz CT molecular complexity index is 1020. The monoisotopic (exact) mass is 433 g/mol. The lowest BCUT2D eigenvalue weighted by molar-refractivity contribution is 0.585. The Morgan fingerprint density at radius 2 is 1.58 bits per heavy atom. The van der Waals surface area contributed by atoms with Crippen molar-refractivity contribution in [1.29, 1.82) is 0 Å². The highest BCUT2D eigenvalue weighted by molar-refractivity contribution is 7.14. The quantitative estimate of drug-likeness (QED) is 0.283. The molecule has 4 aromatic rings. The third-order valence-electron chi connectivity index (χ3n) is 4.62. The van der Waals surface area contributed by atoms with Crippen molar-refractivity contribution in [1.82, 2.24) is 18.7 Å². The molecule has 9 heteroatoms. The number of pyridine rings is 2. The van der Waals surface area contributed by atoms with Gasteiger partial charge in [-0.3, -0.25) is 4.98 Å². The molecule has 0 amide bonds. The van der Waals surface area contributed by atoms with Crippen LogP contribution in [0.5, 0.6) is 0 Å². The zero-order valence-corrected chi connectivity index (χ0v) is 17.7. The van der Waals surface area contributed by atoms with Crippen LogP contribution in [0.25, 0.3) is 0 Å². The van der Waals surface area contributed by atoms with Crippen molar-refractivity contribution >= 4 is 34.3 Å². The lowest BCUT2D eigenvalue weighted by Gasteiger charge is -2.23. The number of benzene rings is 1. The van der Waals surface area contributed by atoms with E-state index in [9.17, 15) is 4.55 Å². The largest absolute Gasteiger partial charge is 0.546 e. The summed E-state index contributed by atoms with van der Waals surface area (Å²) in [5, 5.41) is 6.46. The molecule has 1 unspecified atom stereocenters. The summed E-state index contributed by atoms with van der Waals surface area (Å²) in [6.07, 6.45) is 6.09. The van der Waals surface area contributed by atoms with Crippen LogP contribution in [0.2, 0.25) is 0 Å². The first kappa shape index (κ1) is 20.7. The number of rotatable bonds is 10. The molecule has 0 spiro atoms. The van der Waals surface area contributed by atoms with Crippen LogP contribution in [0.15, 0.2) is 79.3 Å². The zero-order valence-electron chi connectivity index (χ0n) is 16.9. The molecule has 0 fully saturated rings. The molecule has 0 saturated heterocycles. The fourth-order valence-electron chi connectivity index (χ4n) is 3.12. The van der Waals surface area contributed by atoms with Crippen molar-refractivity contribution in [3.05, 3.63) is 84.8 Å². The topological polar surface area (TPSA) is 102 Å². The van der Waals surface area contributed by atoms with Crippen molar-refractivity contribution in [3.63, 3.8) is 0 Å². The van der Waals surface area contributed by atoms with E-state index in [0.717, 1.165) is 30.0 Å². The predicted molar refractivity (Wildman–Crippen MR) is 123 cm³/mol. The van der Waals surface area contributed by atoms with E-state index < -0.39 is 11.1 Å². The molecule has 0 bridgehead atoms. The molecular weight excluding hydrogens is 410 g/mol. The molecule has 1 atom stereocenters. The Morgan fingerprint density at radius 3 is 2.32 bits per heavy atom. The standard InChI is InChI=1S/C22H23N7OS/c30-31-27-21(22(28-31)26-17-18-10-14-23-15-11-18)25-13-6-16-29(19-7-2-1-3-8-19)20-9-4-5-12-24-20/h1-5,7-12,14-15H,6,13,16-17H2,(H,25,27)(H,26,28). The normalized spacial score (nSPS) is 11.2. The number of hydrogen-bond donors (Lipinski definition) is 2. The average molecular weight is 434 g/mol. The molecule has 4 rings (SSSR count). The number of nitrogens with zero attached hydrogens (tertiary/aromatic N) is 5. The van der Waals surface area contributed by atoms with E-state index in [1.165, 1.54) is 0 Å². The maximum atomic E-state index is 11.8. The molecule has 0 aliphatic carbocycles. The molecule has 3 aromatic heterocycles. The lowest BCUT2D eigenvalue weighted by Crippen LogP contribution is -2.21. The number of aromatic nitrogens is 4. The van der Waals surface area contributed by atoms with E-state index in [0.29, 0.717) is 24.7 Å². The van der Waals surface area contributed by atoms with E-state index in [-0.39, 0.29) is 0 Å². The highest BCUT2D eigenvalue weighted by atomic mass is 32.2. The zero-order chi connectivity index (χ0) is 21.3. The fraction of sp³-hybridized carbons (Fsp3) is 0.182. The van der Waals surface area contributed by atoms with Gasteiger partial charge in [-0.25, -0.2) is 4.98 Å². The summed E-state index contributed by atoms with van der Waals surface area (Å²) >= 11 is -1.60. The summed E-state index contributed by atoms with van der Waals surface area (Å²) in [6, 6.07) is 19.9. The number of hydrogen-bond acceptors (Lipinski definition) is 8. The maximum Gasteiger partial charge on any atom is 0.233 e. The van der Waals surface area contributed by atoms with E-state index in [1.807, 2.05) is 48.5 Å². The molecule has 0 aliphatic heterocycles. The molecule has 31 heavy (non-hydrogen) atoms. The van der Waals surface area contributed by atoms with Crippen LogP contribution in [-0.2, 0) is 6.54 Å². The van der Waals surface area contributed by atoms with Gasteiger partial charge in [-0.05, 0) is 48.4 Å². The van der Waals surface area contributed by atoms with E-state index in [2.05, 4.69) is 46.4 Å². The Balaban J connectivity index is 1.35. The Kier molecular flexibility index (Phi) is 6.99. The first-order valence-corrected chi connectivity index (χ1v) is 11.1. The summed E-state index contributed by atoms with van der Waals surface area (Å²) in [6.45, 7) is 1.98. The second kappa shape index (κ2) is 10.5. The van der Waals surface area contributed by atoms with Gasteiger partial charge in [0.05, 0.1) is 0 Å². The van der Waals surface area contributed by atoms with Gasteiger partial charge >= 0.3 is 0 Å². The van der Waals surface area contributed by atoms with Crippen LogP contribution in [-0.4, -0.2) is 36.4 Å². The number of para-hydroxylation sites is 1.